The molecule has 1 rings (SSSR count). The second-order valence-electron chi connectivity index (χ2n) is 5.83. The molecule has 3 unspecified atom stereocenters. The molecule has 0 heterocycles. The van der Waals surface area contributed by atoms with Crippen molar-refractivity contribution in [2.45, 2.75) is 39.0 Å². The van der Waals surface area contributed by atoms with Gasteiger partial charge in [-0.25, -0.2) is 0 Å². The number of benzene rings is 1. The highest BCUT2D eigenvalue weighted by atomic mass is 32.2. The molecule has 1 aromatic carbocycles. The predicted molar refractivity (Wildman–Crippen MR) is 84.7 cm³/mol. The minimum atomic E-state index is -0.811. The predicted octanol–water partition coefficient (Wildman–Crippen LogP) is 3.38. The van der Waals surface area contributed by atoms with E-state index in [-0.39, 0.29) is 11.3 Å². The smallest absolute Gasteiger partial charge is 0.0565 e. The van der Waals surface area contributed by atoms with Crippen LogP contribution in [0.2, 0.25) is 0 Å². The maximum Gasteiger partial charge on any atom is 0.0565 e. The average Bonchev–Trinajstić information content (AvgIpc) is 2.35. The number of nitrogens with one attached hydrogen (secondary N) is 1. The summed E-state index contributed by atoms with van der Waals surface area (Å²) in [6, 6.07) is 10.5. The summed E-state index contributed by atoms with van der Waals surface area (Å²) in [5, 5.41) is 3.51. The molecule has 0 saturated heterocycles. The van der Waals surface area contributed by atoms with Crippen LogP contribution in [-0.4, -0.2) is 22.3 Å². The molecule has 0 aromatic heterocycles. The van der Waals surface area contributed by atoms with E-state index in [1.807, 2.05) is 25.2 Å². The molecule has 0 bridgehead atoms. The maximum absolute atomic E-state index is 12.6. The molecule has 0 aliphatic carbocycles. The van der Waals surface area contributed by atoms with Crippen molar-refractivity contribution in [2.24, 2.45) is 11.8 Å². The van der Waals surface area contributed by atoms with E-state index in [0.717, 1.165) is 5.75 Å². The summed E-state index contributed by atoms with van der Waals surface area (Å²) < 4.78 is 12.6. The lowest BCUT2D eigenvalue weighted by Crippen LogP contribution is -2.38. The lowest BCUT2D eigenvalue weighted by Gasteiger charge is -2.30. The Balaban J connectivity index is 2.99. The van der Waals surface area contributed by atoms with E-state index in [9.17, 15) is 4.21 Å². The first-order valence-corrected chi connectivity index (χ1v) is 8.45. The lowest BCUT2D eigenvalue weighted by molar-refractivity contribution is 0.459. The van der Waals surface area contributed by atoms with Gasteiger partial charge in [-0.3, -0.25) is 4.21 Å². The Hall–Kier alpha value is -0.670. The molecule has 1 N–H and O–H groups in total. The van der Waals surface area contributed by atoms with Crippen molar-refractivity contribution in [3.8, 4) is 0 Å². The molecule has 3 heteroatoms. The Morgan fingerprint density at radius 3 is 2.11 bits per heavy atom. The minimum absolute atomic E-state index is 0.148. The van der Waals surface area contributed by atoms with E-state index in [2.05, 4.69) is 45.1 Å². The lowest BCUT2D eigenvalue weighted by atomic mass is 9.96. The van der Waals surface area contributed by atoms with E-state index in [1.54, 1.807) is 0 Å². The van der Waals surface area contributed by atoms with Gasteiger partial charge in [-0.05, 0) is 24.4 Å². The largest absolute Gasteiger partial charge is 0.312 e. The second-order valence-corrected chi connectivity index (χ2v) is 7.47. The fraction of sp³-hybridized carbons (Fsp3) is 0.625. The van der Waals surface area contributed by atoms with Crippen LogP contribution in [0.3, 0.4) is 0 Å². The molecule has 1 aromatic rings. The third kappa shape index (κ3) is 4.73. The SMILES string of the molecule is CNC(c1ccccc1)C(C(C)C)S(=O)CC(C)C. The summed E-state index contributed by atoms with van der Waals surface area (Å²) in [6.07, 6.45) is 0. The third-order valence-corrected chi connectivity index (χ3v) is 5.68. The Kier molecular flexibility index (Phi) is 6.73. The van der Waals surface area contributed by atoms with E-state index in [1.165, 1.54) is 5.56 Å². The van der Waals surface area contributed by atoms with Crippen LogP contribution in [0.5, 0.6) is 0 Å². The first-order chi connectivity index (χ1) is 8.97. The molecule has 0 amide bonds. The van der Waals surface area contributed by atoms with Crippen molar-refractivity contribution in [2.75, 3.05) is 12.8 Å². The fourth-order valence-corrected chi connectivity index (χ4v) is 4.54. The molecule has 0 radical (unpaired) electrons. The quantitative estimate of drug-likeness (QED) is 0.830. The van der Waals surface area contributed by atoms with Crippen LogP contribution in [0.4, 0.5) is 0 Å². The van der Waals surface area contributed by atoms with E-state index < -0.39 is 10.8 Å². The van der Waals surface area contributed by atoms with Gasteiger partial charge < -0.3 is 5.32 Å². The zero-order valence-corrected chi connectivity index (χ0v) is 13.5. The highest BCUT2D eigenvalue weighted by Gasteiger charge is 2.30. The first-order valence-electron chi connectivity index (χ1n) is 7.06. The zero-order valence-electron chi connectivity index (χ0n) is 12.7. The molecule has 108 valence electrons. The number of hydrogen-bond acceptors (Lipinski definition) is 2. The van der Waals surface area contributed by atoms with Gasteiger partial charge >= 0.3 is 0 Å². The first kappa shape index (κ1) is 16.4. The summed E-state index contributed by atoms with van der Waals surface area (Å²) in [7, 11) is 1.15. The maximum atomic E-state index is 12.6. The van der Waals surface area contributed by atoms with E-state index in [0.29, 0.717) is 11.8 Å². The fourth-order valence-electron chi connectivity index (χ4n) is 2.46. The van der Waals surface area contributed by atoms with Crippen LogP contribution < -0.4 is 5.32 Å². The van der Waals surface area contributed by atoms with Gasteiger partial charge in [0, 0.05) is 22.6 Å². The molecular formula is C16H27NOS. The van der Waals surface area contributed by atoms with Gasteiger partial charge in [0.1, 0.15) is 0 Å². The van der Waals surface area contributed by atoms with Gasteiger partial charge in [0.25, 0.3) is 0 Å². The van der Waals surface area contributed by atoms with Crippen molar-refractivity contribution in [3.05, 3.63) is 35.9 Å². The topological polar surface area (TPSA) is 29.1 Å². The van der Waals surface area contributed by atoms with Gasteiger partial charge in [-0.1, -0.05) is 58.0 Å². The van der Waals surface area contributed by atoms with Gasteiger partial charge in [-0.2, -0.15) is 0 Å². The standard InChI is InChI=1S/C16H27NOS/c1-12(2)11-19(18)16(13(3)4)15(17-5)14-9-7-6-8-10-14/h6-10,12-13,15-17H,11H2,1-5H3. The van der Waals surface area contributed by atoms with Crippen molar-refractivity contribution in [1.29, 1.82) is 0 Å². The minimum Gasteiger partial charge on any atom is -0.312 e. The summed E-state index contributed by atoms with van der Waals surface area (Å²) in [5.41, 5.74) is 1.22. The summed E-state index contributed by atoms with van der Waals surface area (Å²) in [4.78, 5) is 0. The van der Waals surface area contributed by atoms with E-state index >= 15 is 0 Å². The van der Waals surface area contributed by atoms with Crippen LogP contribution in [0.1, 0.15) is 39.3 Å². The number of hydrogen-bond donors (Lipinski definition) is 1. The monoisotopic (exact) mass is 281 g/mol. The normalized spacial score (nSPS) is 16.6. The molecule has 0 aliphatic heterocycles. The average molecular weight is 281 g/mol. The highest BCUT2D eigenvalue weighted by molar-refractivity contribution is 7.85. The van der Waals surface area contributed by atoms with Crippen LogP contribution in [0, 0.1) is 11.8 Å². The Bertz CT molecular complexity index is 389. The van der Waals surface area contributed by atoms with Crippen LogP contribution in [-0.2, 0) is 10.8 Å². The molecule has 0 aliphatic rings. The van der Waals surface area contributed by atoms with Gasteiger partial charge in [0.05, 0.1) is 5.25 Å². The summed E-state index contributed by atoms with van der Waals surface area (Å²) >= 11 is 0. The van der Waals surface area contributed by atoms with Gasteiger partial charge in [-0.15, -0.1) is 0 Å². The molecular weight excluding hydrogens is 254 g/mol. The van der Waals surface area contributed by atoms with Crippen LogP contribution in [0.25, 0.3) is 0 Å². The molecule has 19 heavy (non-hydrogen) atoms. The zero-order chi connectivity index (χ0) is 14.4. The molecule has 3 atom stereocenters. The van der Waals surface area contributed by atoms with Gasteiger partial charge in [0.15, 0.2) is 0 Å². The number of rotatable bonds is 7. The molecule has 2 nitrogen and oxygen atoms in total. The van der Waals surface area contributed by atoms with Gasteiger partial charge in [0.2, 0.25) is 0 Å². The second kappa shape index (κ2) is 7.81. The van der Waals surface area contributed by atoms with E-state index in [4.69, 9.17) is 0 Å². The van der Waals surface area contributed by atoms with Crippen molar-refractivity contribution >= 4 is 10.8 Å². The molecule has 0 fully saturated rings. The Morgan fingerprint density at radius 1 is 1.11 bits per heavy atom. The van der Waals surface area contributed by atoms with Crippen LogP contribution >= 0.6 is 0 Å². The molecule has 0 saturated carbocycles. The molecule has 0 spiro atoms. The highest BCUT2D eigenvalue weighted by Crippen LogP contribution is 2.27. The summed E-state index contributed by atoms with van der Waals surface area (Å²) in [5.74, 6) is 1.63. The summed E-state index contributed by atoms with van der Waals surface area (Å²) in [6.45, 7) is 8.59. The Labute approximate surface area is 120 Å². The van der Waals surface area contributed by atoms with Crippen molar-refractivity contribution < 1.29 is 4.21 Å². The third-order valence-electron chi connectivity index (χ3n) is 3.26. The van der Waals surface area contributed by atoms with Crippen molar-refractivity contribution in [1.82, 2.24) is 5.32 Å². The Morgan fingerprint density at radius 2 is 1.68 bits per heavy atom. The van der Waals surface area contributed by atoms with Crippen LogP contribution in [0.15, 0.2) is 30.3 Å². The van der Waals surface area contributed by atoms with Crippen molar-refractivity contribution in [3.63, 3.8) is 0 Å².